The van der Waals surface area contributed by atoms with Crippen molar-refractivity contribution < 1.29 is 5.11 Å². The Balaban J connectivity index is 1.97. The highest BCUT2D eigenvalue weighted by molar-refractivity contribution is 5.01. The molecule has 1 aliphatic carbocycles. The van der Waals surface area contributed by atoms with Gasteiger partial charge in [-0.2, -0.15) is 0 Å². The molecule has 2 fully saturated rings. The van der Waals surface area contributed by atoms with Crippen molar-refractivity contribution in [3.63, 3.8) is 0 Å². The zero-order valence-electron chi connectivity index (χ0n) is 4.80. The molecule has 3 atom stereocenters. The highest BCUT2D eigenvalue weighted by Gasteiger charge is 2.47. The molecule has 2 heteroatoms. The van der Waals surface area contributed by atoms with Crippen LogP contribution in [0.4, 0.5) is 0 Å². The van der Waals surface area contributed by atoms with E-state index in [0.29, 0.717) is 12.6 Å². The highest BCUT2D eigenvalue weighted by Crippen LogP contribution is 2.44. The maximum Gasteiger partial charge on any atom is 0.0587 e. The van der Waals surface area contributed by atoms with E-state index in [-0.39, 0.29) is 0 Å². The molecule has 46 valence electrons. The second-order valence-corrected chi connectivity index (χ2v) is 2.86. The lowest BCUT2D eigenvalue weighted by Crippen LogP contribution is -2.29. The van der Waals surface area contributed by atoms with Gasteiger partial charge >= 0.3 is 0 Å². The molecular weight excluding hydrogens is 102 g/mol. The Labute approximate surface area is 48.9 Å². The molecule has 0 spiro atoms. The Hall–Kier alpha value is -0.0800. The fourth-order valence-electron chi connectivity index (χ4n) is 1.65. The van der Waals surface area contributed by atoms with E-state index >= 15 is 0 Å². The van der Waals surface area contributed by atoms with Gasteiger partial charge in [-0.1, -0.05) is 0 Å². The molecule has 1 saturated carbocycles. The van der Waals surface area contributed by atoms with Crippen LogP contribution in [0.15, 0.2) is 0 Å². The van der Waals surface area contributed by atoms with Crippen molar-refractivity contribution in [3.8, 4) is 0 Å². The summed E-state index contributed by atoms with van der Waals surface area (Å²) in [6, 6.07) is 0.444. The van der Waals surface area contributed by atoms with Crippen LogP contribution in [-0.2, 0) is 0 Å². The predicted molar refractivity (Wildman–Crippen MR) is 30.5 cm³/mol. The first kappa shape index (κ1) is 4.77. The molecule has 2 unspecified atom stereocenters. The first-order valence-electron chi connectivity index (χ1n) is 3.26. The Kier molecular flexibility index (Phi) is 0.866. The second-order valence-electron chi connectivity index (χ2n) is 2.86. The van der Waals surface area contributed by atoms with Crippen LogP contribution in [0.2, 0.25) is 0 Å². The predicted octanol–water partition coefficient (Wildman–Crippen LogP) is -0.413. The van der Waals surface area contributed by atoms with Crippen LogP contribution in [0, 0.1) is 11.8 Å². The molecule has 0 aromatic rings. The van der Waals surface area contributed by atoms with Gasteiger partial charge < -0.3 is 10.4 Å². The average molecular weight is 113 g/mol. The number of nitrogens with one attached hydrogen (secondary N) is 1. The van der Waals surface area contributed by atoms with Crippen molar-refractivity contribution in [2.45, 2.75) is 12.5 Å². The van der Waals surface area contributed by atoms with Crippen LogP contribution in [0.3, 0.4) is 0 Å². The summed E-state index contributed by atoms with van der Waals surface area (Å²) in [6.07, 6.45) is 1.36. The third-order valence-electron chi connectivity index (χ3n) is 2.33. The quantitative estimate of drug-likeness (QED) is 0.484. The molecule has 2 aliphatic rings. The molecular formula is C6H11NO. The van der Waals surface area contributed by atoms with E-state index in [2.05, 4.69) is 5.32 Å². The number of aliphatic hydroxyl groups excluding tert-OH is 1. The zero-order chi connectivity index (χ0) is 5.56. The first-order chi connectivity index (χ1) is 3.92. The van der Waals surface area contributed by atoms with Gasteiger partial charge in [-0.15, -0.1) is 0 Å². The molecule has 0 aromatic carbocycles. The Bertz CT molecular complexity index is 105. The monoisotopic (exact) mass is 113 g/mol. The van der Waals surface area contributed by atoms with Crippen molar-refractivity contribution in [1.82, 2.24) is 5.32 Å². The number of rotatable bonds is 1. The fourth-order valence-corrected chi connectivity index (χ4v) is 1.65. The van der Waals surface area contributed by atoms with Gasteiger partial charge in [0.2, 0.25) is 0 Å². The third kappa shape index (κ3) is 0.501. The standard InChI is InChI=1S/C6H11NO/c8-3-6-5-1-4(5)2-7-6/h4-8H,1-3H2/t4?,5-,6?/m0/s1. The van der Waals surface area contributed by atoms with Crippen molar-refractivity contribution in [3.05, 3.63) is 0 Å². The SMILES string of the molecule is OCC1NCC2C[C@@H]21. The summed E-state index contributed by atoms with van der Waals surface area (Å²) >= 11 is 0. The Morgan fingerprint density at radius 3 is 2.75 bits per heavy atom. The van der Waals surface area contributed by atoms with Crippen molar-refractivity contribution in [1.29, 1.82) is 0 Å². The lowest BCUT2D eigenvalue weighted by molar-refractivity contribution is 0.242. The van der Waals surface area contributed by atoms with Gasteiger partial charge in [0, 0.05) is 6.04 Å². The molecule has 1 heterocycles. The van der Waals surface area contributed by atoms with Gasteiger partial charge in [0.05, 0.1) is 6.61 Å². The lowest BCUT2D eigenvalue weighted by Gasteiger charge is -2.06. The minimum Gasteiger partial charge on any atom is -0.395 e. The summed E-state index contributed by atoms with van der Waals surface area (Å²) in [5, 5.41) is 12.0. The smallest absolute Gasteiger partial charge is 0.0587 e. The van der Waals surface area contributed by atoms with E-state index < -0.39 is 0 Å². The number of fused-ring (bicyclic) bond motifs is 1. The molecule has 2 rings (SSSR count). The van der Waals surface area contributed by atoms with Gasteiger partial charge in [-0.3, -0.25) is 0 Å². The van der Waals surface area contributed by atoms with Gasteiger partial charge in [-0.25, -0.2) is 0 Å². The van der Waals surface area contributed by atoms with Crippen molar-refractivity contribution >= 4 is 0 Å². The van der Waals surface area contributed by atoms with Crippen LogP contribution in [-0.4, -0.2) is 24.3 Å². The Morgan fingerprint density at radius 2 is 2.50 bits per heavy atom. The third-order valence-corrected chi connectivity index (χ3v) is 2.33. The molecule has 0 amide bonds. The number of piperidine rings is 1. The maximum absolute atomic E-state index is 8.70. The maximum atomic E-state index is 8.70. The minimum atomic E-state index is 0.334. The second kappa shape index (κ2) is 1.45. The summed E-state index contributed by atoms with van der Waals surface area (Å²) in [4.78, 5) is 0. The highest BCUT2D eigenvalue weighted by atomic mass is 16.3. The van der Waals surface area contributed by atoms with Crippen LogP contribution in [0.5, 0.6) is 0 Å². The van der Waals surface area contributed by atoms with E-state index in [1.807, 2.05) is 0 Å². The molecule has 8 heavy (non-hydrogen) atoms. The van der Waals surface area contributed by atoms with Crippen LogP contribution >= 0.6 is 0 Å². The van der Waals surface area contributed by atoms with E-state index in [4.69, 9.17) is 5.11 Å². The first-order valence-corrected chi connectivity index (χ1v) is 3.26. The molecule has 2 nitrogen and oxygen atoms in total. The molecule has 1 saturated heterocycles. The number of hydrogen-bond acceptors (Lipinski definition) is 2. The topological polar surface area (TPSA) is 32.3 Å². The normalized spacial score (nSPS) is 51.4. The zero-order valence-corrected chi connectivity index (χ0v) is 4.80. The van der Waals surface area contributed by atoms with E-state index in [0.717, 1.165) is 18.4 Å². The summed E-state index contributed by atoms with van der Waals surface area (Å²) in [6.45, 7) is 1.48. The van der Waals surface area contributed by atoms with Crippen molar-refractivity contribution in [2.24, 2.45) is 11.8 Å². The summed E-state index contributed by atoms with van der Waals surface area (Å²) in [5.41, 5.74) is 0. The van der Waals surface area contributed by atoms with E-state index in [9.17, 15) is 0 Å². The molecule has 0 bridgehead atoms. The van der Waals surface area contributed by atoms with Gasteiger partial charge in [0.1, 0.15) is 0 Å². The van der Waals surface area contributed by atoms with Gasteiger partial charge in [0.25, 0.3) is 0 Å². The van der Waals surface area contributed by atoms with Gasteiger partial charge in [-0.05, 0) is 24.8 Å². The number of aliphatic hydroxyl groups is 1. The molecule has 2 N–H and O–H groups in total. The summed E-state index contributed by atoms with van der Waals surface area (Å²) in [7, 11) is 0. The van der Waals surface area contributed by atoms with Crippen molar-refractivity contribution in [2.75, 3.05) is 13.2 Å². The fraction of sp³-hybridized carbons (Fsp3) is 1.00. The van der Waals surface area contributed by atoms with E-state index in [1.54, 1.807) is 0 Å². The van der Waals surface area contributed by atoms with Crippen LogP contribution in [0.25, 0.3) is 0 Å². The van der Waals surface area contributed by atoms with E-state index in [1.165, 1.54) is 6.42 Å². The average Bonchev–Trinajstić information content (AvgIpc) is 2.46. The van der Waals surface area contributed by atoms with Crippen LogP contribution < -0.4 is 5.32 Å². The molecule has 1 aliphatic heterocycles. The summed E-state index contributed by atoms with van der Waals surface area (Å²) < 4.78 is 0. The summed E-state index contributed by atoms with van der Waals surface area (Å²) in [5.74, 6) is 1.76. The lowest BCUT2D eigenvalue weighted by atomic mass is 10.2. The van der Waals surface area contributed by atoms with Gasteiger partial charge in [0.15, 0.2) is 0 Å². The minimum absolute atomic E-state index is 0.334. The Morgan fingerprint density at radius 1 is 1.62 bits per heavy atom. The largest absolute Gasteiger partial charge is 0.395 e. The molecule has 0 aromatic heterocycles. The van der Waals surface area contributed by atoms with Crippen LogP contribution in [0.1, 0.15) is 6.42 Å². The number of hydrogen-bond donors (Lipinski definition) is 2. The molecule has 0 radical (unpaired) electrons.